The van der Waals surface area contributed by atoms with Crippen LogP contribution in [0.2, 0.25) is 0 Å². The zero-order valence-electron chi connectivity index (χ0n) is 16.3. The number of hydrogen-bond donors (Lipinski definition) is 3. The SMILES string of the molecule is O=C1CNCc2[nH]c(-c3ccnc(NC(=O)C4(F)CC4)c3)c(Cc3ccccc3)c21. The first-order valence-corrected chi connectivity index (χ1v) is 10.0. The minimum atomic E-state index is -1.76. The summed E-state index contributed by atoms with van der Waals surface area (Å²) in [4.78, 5) is 32.3. The Labute approximate surface area is 172 Å². The monoisotopic (exact) mass is 404 g/mol. The van der Waals surface area contributed by atoms with Crippen molar-refractivity contribution in [3.05, 3.63) is 71.0 Å². The van der Waals surface area contributed by atoms with Crippen molar-refractivity contribution in [2.45, 2.75) is 31.5 Å². The highest BCUT2D eigenvalue weighted by atomic mass is 19.1. The molecule has 6 nitrogen and oxygen atoms in total. The molecule has 3 heterocycles. The fourth-order valence-electron chi connectivity index (χ4n) is 3.90. The predicted octanol–water partition coefficient (Wildman–Crippen LogP) is 3.39. The third-order valence-corrected chi connectivity index (χ3v) is 5.66. The van der Waals surface area contributed by atoms with Gasteiger partial charge in [0.25, 0.3) is 5.91 Å². The first-order valence-electron chi connectivity index (χ1n) is 10.0. The number of carbonyl (C=O) groups excluding carboxylic acids is 2. The third-order valence-electron chi connectivity index (χ3n) is 5.66. The van der Waals surface area contributed by atoms with Crippen LogP contribution in [0.1, 0.15) is 40.0 Å². The second-order valence-corrected chi connectivity index (χ2v) is 7.87. The average molecular weight is 404 g/mol. The Morgan fingerprint density at radius 3 is 2.73 bits per heavy atom. The van der Waals surface area contributed by atoms with Gasteiger partial charge in [0.15, 0.2) is 11.5 Å². The standard InChI is InChI=1S/C23H21FN4O2/c24-23(7-8-23)22(30)28-19-11-15(6-9-26-19)21-16(10-14-4-2-1-3-5-14)20-17(27-21)12-25-13-18(20)29/h1-6,9,11,25,27H,7-8,10,12-13H2,(H,26,28,30). The number of hydrogen-bond acceptors (Lipinski definition) is 4. The molecule has 0 spiro atoms. The Morgan fingerprint density at radius 1 is 1.17 bits per heavy atom. The summed E-state index contributed by atoms with van der Waals surface area (Å²) in [5, 5.41) is 5.69. The van der Waals surface area contributed by atoms with Crippen molar-refractivity contribution >= 4 is 17.5 Å². The molecule has 0 atom stereocenters. The molecule has 2 aliphatic rings. The molecule has 0 radical (unpaired) electrons. The summed E-state index contributed by atoms with van der Waals surface area (Å²) in [6.45, 7) is 0.893. The number of nitrogens with one attached hydrogen (secondary N) is 3. The molecule has 1 amide bonds. The van der Waals surface area contributed by atoms with Crippen LogP contribution in [0.5, 0.6) is 0 Å². The number of anilines is 1. The van der Waals surface area contributed by atoms with Gasteiger partial charge in [-0.15, -0.1) is 0 Å². The fourth-order valence-corrected chi connectivity index (χ4v) is 3.90. The van der Waals surface area contributed by atoms with Crippen LogP contribution in [-0.2, 0) is 17.8 Å². The molecule has 0 saturated heterocycles. The zero-order valence-corrected chi connectivity index (χ0v) is 16.3. The largest absolute Gasteiger partial charge is 0.356 e. The van der Waals surface area contributed by atoms with Gasteiger partial charge >= 0.3 is 0 Å². The van der Waals surface area contributed by atoms with E-state index in [2.05, 4.69) is 20.6 Å². The van der Waals surface area contributed by atoms with E-state index in [4.69, 9.17) is 0 Å². The highest BCUT2D eigenvalue weighted by molar-refractivity contribution is 6.03. The Bertz CT molecular complexity index is 1140. The molecule has 1 aliphatic carbocycles. The minimum absolute atomic E-state index is 0.0559. The lowest BCUT2D eigenvalue weighted by Gasteiger charge is -2.13. The second-order valence-electron chi connectivity index (χ2n) is 7.87. The zero-order chi connectivity index (χ0) is 20.7. The lowest BCUT2D eigenvalue weighted by Crippen LogP contribution is -2.29. The molecule has 1 saturated carbocycles. The number of fused-ring (bicyclic) bond motifs is 1. The Morgan fingerprint density at radius 2 is 1.97 bits per heavy atom. The average Bonchev–Trinajstić information content (AvgIpc) is 3.40. The topological polar surface area (TPSA) is 86.9 Å². The van der Waals surface area contributed by atoms with Crippen LogP contribution in [0.3, 0.4) is 0 Å². The number of aromatic nitrogens is 2. The molecule has 30 heavy (non-hydrogen) atoms. The van der Waals surface area contributed by atoms with Gasteiger partial charge in [-0.2, -0.15) is 0 Å². The number of pyridine rings is 1. The van der Waals surface area contributed by atoms with Crippen LogP contribution in [0, 0.1) is 0 Å². The summed E-state index contributed by atoms with van der Waals surface area (Å²) in [5.74, 6) is -0.300. The summed E-state index contributed by atoms with van der Waals surface area (Å²) < 4.78 is 14.0. The maximum absolute atomic E-state index is 14.0. The van der Waals surface area contributed by atoms with E-state index in [9.17, 15) is 14.0 Å². The lowest BCUT2D eigenvalue weighted by molar-refractivity contribution is -0.122. The number of benzene rings is 1. The fraction of sp³-hybridized carbons (Fsp3) is 0.261. The normalized spacial score (nSPS) is 16.8. The molecule has 2 aromatic heterocycles. The van der Waals surface area contributed by atoms with Crippen LogP contribution < -0.4 is 10.6 Å². The maximum atomic E-state index is 14.0. The van der Waals surface area contributed by atoms with E-state index in [1.54, 1.807) is 12.3 Å². The molecule has 152 valence electrons. The number of ketones is 1. The molecule has 7 heteroatoms. The first kappa shape index (κ1) is 18.7. The van der Waals surface area contributed by atoms with Crippen LogP contribution in [-0.4, -0.2) is 33.9 Å². The van der Waals surface area contributed by atoms with Crippen molar-refractivity contribution in [1.29, 1.82) is 0 Å². The Balaban J connectivity index is 1.54. The summed E-state index contributed by atoms with van der Waals surface area (Å²) in [5.41, 5.74) is 3.46. The van der Waals surface area contributed by atoms with Gasteiger partial charge < -0.3 is 15.6 Å². The van der Waals surface area contributed by atoms with E-state index < -0.39 is 11.6 Å². The van der Waals surface area contributed by atoms with Gasteiger partial charge in [-0.3, -0.25) is 9.59 Å². The molecular formula is C23H21FN4O2. The van der Waals surface area contributed by atoms with Gasteiger partial charge in [0, 0.05) is 36.0 Å². The van der Waals surface area contributed by atoms with Gasteiger partial charge in [0.1, 0.15) is 5.82 Å². The van der Waals surface area contributed by atoms with Crippen molar-refractivity contribution in [3.63, 3.8) is 0 Å². The van der Waals surface area contributed by atoms with Crippen molar-refractivity contribution in [2.24, 2.45) is 0 Å². The molecule has 3 aromatic rings. The van der Waals surface area contributed by atoms with Gasteiger partial charge in [0.05, 0.1) is 12.2 Å². The Hall–Kier alpha value is -3.32. The number of amides is 1. The summed E-state index contributed by atoms with van der Waals surface area (Å²) in [6, 6.07) is 13.5. The molecule has 3 N–H and O–H groups in total. The molecule has 5 rings (SSSR count). The van der Waals surface area contributed by atoms with E-state index in [1.807, 2.05) is 36.4 Å². The number of Topliss-reactive ketones (excluding diaryl/α,β-unsaturated/α-hetero) is 1. The van der Waals surface area contributed by atoms with Gasteiger partial charge in [-0.1, -0.05) is 30.3 Å². The van der Waals surface area contributed by atoms with Crippen LogP contribution >= 0.6 is 0 Å². The highest BCUT2D eigenvalue weighted by Gasteiger charge is 2.51. The van der Waals surface area contributed by atoms with Crippen LogP contribution in [0.25, 0.3) is 11.3 Å². The quantitative estimate of drug-likeness (QED) is 0.608. The van der Waals surface area contributed by atoms with E-state index in [0.717, 1.165) is 33.6 Å². The van der Waals surface area contributed by atoms with E-state index in [-0.39, 0.29) is 18.6 Å². The van der Waals surface area contributed by atoms with E-state index in [1.165, 1.54) is 0 Å². The van der Waals surface area contributed by atoms with Gasteiger partial charge in [-0.25, -0.2) is 9.37 Å². The molecule has 0 bridgehead atoms. The van der Waals surface area contributed by atoms with E-state index in [0.29, 0.717) is 25.3 Å². The molecule has 0 unspecified atom stereocenters. The number of alkyl halides is 1. The number of rotatable bonds is 5. The Kier molecular flexibility index (Phi) is 4.47. The summed E-state index contributed by atoms with van der Waals surface area (Å²) in [6.07, 6.45) is 2.68. The smallest absolute Gasteiger partial charge is 0.263 e. The summed E-state index contributed by atoms with van der Waals surface area (Å²) >= 11 is 0. The van der Waals surface area contributed by atoms with Crippen molar-refractivity contribution < 1.29 is 14.0 Å². The number of aromatic amines is 1. The minimum Gasteiger partial charge on any atom is -0.356 e. The third kappa shape index (κ3) is 3.41. The number of H-pyrrole nitrogens is 1. The molecule has 1 aliphatic heterocycles. The highest BCUT2D eigenvalue weighted by Crippen LogP contribution is 2.40. The lowest BCUT2D eigenvalue weighted by atomic mass is 9.94. The van der Waals surface area contributed by atoms with Gasteiger partial charge in [0.2, 0.25) is 0 Å². The van der Waals surface area contributed by atoms with Crippen molar-refractivity contribution in [2.75, 3.05) is 11.9 Å². The predicted molar refractivity (Wildman–Crippen MR) is 111 cm³/mol. The second kappa shape index (κ2) is 7.18. The summed E-state index contributed by atoms with van der Waals surface area (Å²) in [7, 11) is 0. The van der Waals surface area contributed by atoms with Crippen LogP contribution in [0.4, 0.5) is 10.2 Å². The number of nitrogens with zero attached hydrogens (tertiary/aromatic N) is 1. The van der Waals surface area contributed by atoms with Gasteiger partial charge in [-0.05, 0) is 36.1 Å². The van der Waals surface area contributed by atoms with E-state index >= 15 is 0 Å². The molecular weight excluding hydrogens is 383 g/mol. The van der Waals surface area contributed by atoms with Crippen molar-refractivity contribution in [3.8, 4) is 11.3 Å². The molecule has 1 fully saturated rings. The number of halogens is 1. The number of carbonyl (C=O) groups is 2. The van der Waals surface area contributed by atoms with Crippen molar-refractivity contribution in [1.82, 2.24) is 15.3 Å². The van der Waals surface area contributed by atoms with Crippen LogP contribution in [0.15, 0.2) is 48.7 Å². The maximum Gasteiger partial charge on any atom is 0.263 e. The first-order chi connectivity index (χ1) is 14.5. The molecule has 1 aromatic carbocycles.